The van der Waals surface area contributed by atoms with Crippen LogP contribution in [-0.2, 0) is 0 Å². The normalized spacial score (nSPS) is 18.9. The highest BCUT2D eigenvalue weighted by molar-refractivity contribution is 5.78. The van der Waals surface area contributed by atoms with Gasteiger partial charge in [-0.05, 0) is 40.0 Å². The van der Waals surface area contributed by atoms with Crippen LogP contribution in [0.2, 0.25) is 0 Å². The molecule has 4 nitrogen and oxygen atoms in total. The molecule has 16 heavy (non-hydrogen) atoms. The summed E-state index contributed by atoms with van der Waals surface area (Å²) in [5, 5.41) is 3.40. The van der Waals surface area contributed by atoms with Crippen molar-refractivity contribution in [3.05, 3.63) is 0 Å². The van der Waals surface area contributed by atoms with Gasteiger partial charge in [0.2, 0.25) is 0 Å². The highest BCUT2D eigenvalue weighted by Gasteiger charge is 2.11. The number of hydrogen-bond donors (Lipinski definition) is 2. The molecule has 4 heteroatoms. The molecule has 1 saturated heterocycles. The number of nitrogens with zero attached hydrogens (tertiary/aromatic N) is 2. The molecule has 0 radical (unpaired) electrons. The minimum atomic E-state index is 0.162. The van der Waals surface area contributed by atoms with Gasteiger partial charge in [0.05, 0.1) is 6.54 Å². The first kappa shape index (κ1) is 13.3. The molecule has 0 saturated carbocycles. The van der Waals surface area contributed by atoms with E-state index in [-0.39, 0.29) is 5.54 Å². The topological polar surface area (TPSA) is 53.6 Å². The zero-order valence-corrected chi connectivity index (χ0v) is 10.9. The minimum Gasteiger partial charge on any atom is -0.370 e. The van der Waals surface area contributed by atoms with Gasteiger partial charge in [0.1, 0.15) is 0 Å². The molecule has 0 atom stereocenters. The average Bonchev–Trinajstić information content (AvgIpc) is 2.24. The van der Waals surface area contributed by atoms with Gasteiger partial charge >= 0.3 is 0 Å². The predicted octanol–water partition coefficient (Wildman–Crippen LogP) is 1.18. The van der Waals surface area contributed by atoms with Crippen molar-refractivity contribution in [2.75, 3.05) is 26.2 Å². The van der Waals surface area contributed by atoms with E-state index in [4.69, 9.17) is 5.73 Å². The molecule has 94 valence electrons. The lowest BCUT2D eigenvalue weighted by molar-refractivity contribution is 0.337. The summed E-state index contributed by atoms with van der Waals surface area (Å²) in [5.41, 5.74) is 6.11. The third-order valence-corrected chi connectivity index (χ3v) is 2.72. The maximum Gasteiger partial charge on any atom is 0.191 e. The van der Waals surface area contributed by atoms with Crippen LogP contribution < -0.4 is 11.1 Å². The Bertz CT molecular complexity index is 224. The second kappa shape index (κ2) is 6.09. The van der Waals surface area contributed by atoms with Crippen molar-refractivity contribution in [3.8, 4) is 0 Å². The zero-order chi connectivity index (χ0) is 12.0. The Morgan fingerprint density at radius 1 is 1.25 bits per heavy atom. The monoisotopic (exact) mass is 226 g/mol. The van der Waals surface area contributed by atoms with Gasteiger partial charge in [-0.1, -0.05) is 0 Å². The highest BCUT2D eigenvalue weighted by Crippen LogP contribution is 2.07. The van der Waals surface area contributed by atoms with Gasteiger partial charge < -0.3 is 16.0 Å². The molecular weight excluding hydrogens is 200 g/mol. The number of nitrogens with two attached hydrogens (primary N) is 1. The first-order chi connectivity index (χ1) is 7.49. The van der Waals surface area contributed by atoms with Crippen molar-refractivity contribution in [1.82, 2.24) is 10.2 Å². The maximum atomic E-state index is 5.95. The molecule has 1 fully saturated rings. The van der Waals surface area contributed by atoms with Crippen LogP contribution in [0.15, 0.2) is 4.99 Å². The third-order valence-electron chi connectivity index (χ3n) is 2.72. The fourth-order valence-corrected chi connectivity index (χ4v) is 1.82. The van der Waals surface area contributed by atoms with E-state index in [1.807, 2.05) is 0 Å². The van der Waals surface area contributed by atoms with E-state index in [9.17, 15) is 0 Å². The molecule has 0 aromatic carbocycles. The summed E-state index contributed by atoms with van der Waals surface area (Å²) in [6.45, 7) is 10.3. The van der Waals surface area contributed by atoms with E-state index in [0.29, 0.717) is 0 Å². The third kappa shape index (κ3) is 5.35. The Morgan fingerprint density at radius 3 is 2.44 bits per heavy atom. The lowest BCUT2D eigenvalue weighted by Crippen LogP contribution is -2.42. The summed E-state index contributed by atoms with van der Waals surface area (Å²) in [6.07, 6.45) is 3.82. The van der Waals surface area contributed by atoms with E-state index < -0.39 is 0 Å². The lowest BCUT2D eigenvalue weighted by atomic mass is 10.1. The van der Waals surface area contributed by atoms with Gasteiger partial charge in [0.25, 0.3) is 0 Å². The van der Waals surface area contributed by atoms with Crippen LogP contribution in [-0.4, -0.2) is 42.6 Å². The van der Waals surface area contributed by atoms with Crippen molar-refractivity contribution in [2.24, 2.45) is 10.7 Å². The molecule has 0 spiro atoms. The Morgan fingerprint density at radius 2 is 1.88 bits per heavy atom. The first-order valence-electron chi connectivity index (χ1n) is 6.29. The summed E-state index contributed by atoms with van der Waals surface area (Å²) in [6, 6.07) is 0. The molecule has 3 N–H and O–H groups in total. The number of piperidine rings is 1. The first-order valence-corrected chi connectivity index (χ1v) is 6.29. The van der Waals surface area contributed by atoms with Crippen LogP contribution in [0.1, 0.15) is 40.0 Å². The number of hydrogen-bond acceptors (Lipinski definition) is 2. The van der Waals surface area contributed by atoms with E-state index in [1.54, 1.807) is 0 Å². The molecule has 0 bridgehead atoms. The molecule has 0 aromatic rings. The van der Waals surface area contributed by atoms with Gasteiger partial charge in [-0.2, -0.15) is 0 Å². The number of guanidine groups is 1. The summed E-state index contributed by atoms with van der Waals surface area (Å²) in [5.74, 6) is 0.718. The Labute approximate surface area is 99.3 Å². The van der Waals surface area contributed by atoms with Gasteiger partial charge in [0, 0.05) is 25.2 Å². The highest BCUT2D eigenvalue weighted by atomic mass is 15.3. The summed E-state index contributed by atoms with van der Waals surface area (Å²) >= 11 is 0. The number of aliphatic imine (C=N–C) groups is 1. The van der Waals surface area contributed by atoms with Crippen LogP contribution >= 0.6 is 0 Å². The lowest BCUT2D eigenvalue weighted by Gasteiger charge is -2.27. The van der Waals surface area contributed by atoms with Gasteiger partial charge in [-0.25, -0.2) is 0 Å². The van der Waals surface area contributed by atoms with Crippen molar-refractivity contribution in [3.63, 3.8) is 0 Å². The van der Waals surface area contributed by atoms with Crippen molar-refractivity contribution in [1.29, 1.82) is 0 Å². The van der Waals surface area contributed by atoms with E-state index >= 15 is 0 Å². The molecule has 1 rings (SSSR count). The van der Waals surface area contributed by atoms with Crippen LogP contribution in [0, 0.1) is 0 Å². The van der Waals surface area contributed by atoms with E-state index in [1.165, 1.54) is 19.3 Å². The molecule has 0 amide bonds. The zero-order valence-electron chi connectivity index (χ0n) is 10.9. The van der Waals surface area contributed by atoms with Crippen molar-refractivity contribution >= 4 is 5.96 Å². The molecule has 0 aromatic heterocycles. The second-order valence-electron chi connectivity index (χ2n) is 5.46. The Hall–Kier alpha value is -0.770. The van der Waals surface area contributed by atoms with Crippen molar-refractivity contribution in [2.45, 2.75) is 45.6 Å². The van der Waals surface area contributed by atoms with E-state index in [2.05, 4.69) is 36.0 Å². The van der Waals surface area contributed by atoms with Crippen molar-refractivity contribution < 1.29 is 0 Å². The van der Waals surface area contributed by atoms with E-state index in [0.717, 1.165) is 32.1 Å². The van der Waals surface area contributed by atoms with Gasteiger partial charge in [0.15, 0.2) is 5.96 Å². The molecule has 0 aliphatic carbocycles. The van der Waals surface area contributed by atoms with Crippen LogP contribution in [0.4, 0.5) is 0 Å². The Balaban J connectivity index is 2.22. The van der Waals surface area contributed by atoms with Crippen LogP contribution in [0.25, 0.3) is 0 Å². The molecule has 1 aliphatic rings. The summed E-state index contributed by atoms with van der Waals surface area (Å²) < 4.78 is 0. The molecule has 1 aliphatic heterocycles. The largest absolute Gasteiger partial charge is 0.370 e. The molecule has 1 heterocycles. The van der Waals surface area contributed by atoms with Gasteiger partial charge in [-0.15, -0.1) is 0 Å². The van der Waals surface area contributed by atoms with Crippen LogP contribution in [0.3, 0.4) is 0 Å². The quantitative estimate of drug-likeness (QED) is 0.431. The maximum absolute atomic E-state index is 5.95. The second-order valence-corrected chi connectivity index (χ2v) is 5.46. The smallest absolute Gasteiger partial charge is 0.191 e. The summed E-state index contributed by atoms with van der Waals surface area (Å²) in [7, 11) is 0. The minimum absolute atomic E-state index is 0.162. The standard InChI is InChI=1S/C12H26N4/c1-12(2,3)15-8-7-14-11(13)16-9-5-4-6-10-16/h15H,4-10H2,1-3H3,(H2,13,14). The molecular formula is C12H26N4. The Kier molecular flexibility index (Phi) is 5.06. The fraction of sp³-hybridized carbons (Fsp3) is 0.917. The predicted molar refractivity (Wildman–Crippen MR) is 69.7 cm³/mol. The number of likely N-dealkylation sites (tertiary alicyclic amines) is 1. The number of nitrogens with one attached hydrogen (secondary N) is 1. The summed E-state index contributed by atoms with van der Waals surface area (Å²) in [4.78, 5) is 6.60. The van der Waals surface area contributed by atoms with Gasteiger partial charge in [-0.3, -0.25) is 4.99 Å². The SMILES string of the molecule is CC(C)(C)NCCN=C(N)N1CCCCC1. The fourth-order valence-electron chi connectivity index (χ4n) is 1.82. The average molecular weight is 226 g/mol. The molecule has 0 unspecified atom stereocenters. The van der Waals surface area contributed by atoms with Crippen LogP contribution in [0.5, 0.6) is 0 Å². The number of rotatable bonds is 3.